The van der Waals surface area contributed by atoms with Crippen molar-refractivity contribution in [1.82, 2.24) is 4.90 Å². The van der Waals surface area contributed by atoms with E-state index in [4.69, 9.17) is 4.74 Å². The summed E-state index contributed by atoms with van der Waals surface area (Å²) in [6.07, 6.45) is 8.80. The first-order chi connectivity index (χ1) is 10.1. The molecule has 1 heterocycles. The van der Waals surface area contributed by atoms with E-state index in [0.717, 1.165) is 51.6 Å². The van der Waals surface area contributed by atoms with Crippen LogP contribution in [0, 0.1) is 5.92 Å². The van der Waals surface area contributed by atoms with E-state index in [1.165, 1.54) is 6.42 Å². The van der Waals surface area contributed by atoms with Crippen molar-refractivity contribution in [2.75, 3.05) is 20.1 Å². The predicted molar refractivity (Wildman–Crippen MR) is 82.9 cm³/mol. The van der Waals surface area contributed by atoms with E-state index in [-0.39, 0.29) is 12.0 Å². The third-order valence-corrected chi connectivity index (χ3v) is 5.03. The third-order valence-electron chi connectivity index (χ3n) is 5.03. The van der Waals surface area contributed by atoms with E-state index in [1.807, 2.05) is 0 Å². The molecule has 2 fully saturated rings. The lowest BCUT2D eigenvalue weighted by Crippen LogP contribution is -2.49. The van der Waals surface area contributed by atoms with Crippen LogP contribution in [0.5, 0.6) is 0 Å². The molecule has 1 atom stereocenters. The third kappa shape index (κ3) is 4.07. The number of aliphatic hydroxyl groups is 1. The lowest BCUT2D eigenvalue weighted by molar-refractivity contribution is -0.180. The number of esters is 1. The number of ether oxygens (including phenoxy) is 1. The molecule has 1 N–H and O–H groups in total. The molecular formula is C17H29NO3. The number of piperidine rings is 1. The zero-order valence-corrected chi connectivity index (χ0v) is 13.2. The van der Waals surface area contributed by atoms with Crippen molar-refractivity contribution in [2.24, 2.45) is 5.92 Å². The van der Waals surface area contributed by atoms with Crippen molar-refractivity contribution in [3.8, 4) is 0 Å². The van der Waals surface area contributed by atoms with E-state index in [0.29, 0.717) is 6.42 Å². The number of nitrogens with zero attached hydrogens (tertiary/aromatic N) is 1. The summed E-state index contributed by atoms with van der Waals surface area (Å²) in [6, 6.07) is 0. The molecule has 21 heavy (non-hydrogen) atoms. The molecule has 4 nitrogen and oxygen atoms in total. The average molecular weight is 295 g/mol. The lowest BCUT2D eigenvalue weighted by Gasteiger charge is -2.37. The highest BCUT2D eigenvalue weighted by Crippen LogP contribution is 2.36. The molecule has 2 aliphatic rings. The van der Waals surface area contributed by atoms with E-state index in [2.05, 4.69) is 18.5 Å². The van der Waals surface area contributed by atoms with Gasteiger partial charge in [0.1, 0.15) is 6.10 Å². The fourth-order valence-electron chi connectivity index (χ4n) is 3.57. The summed E-state index contributed by atoms with van der Waals surface area (Å²) in [5.74, 6) is -0.410. The Bertz CT molecular complexity index is 357. The predicted octanol–water partition coefficient (Wildman–Crippen LogP) is 2.51. The Labute approximate surface area is 128 Å². The fraction of sp³-hybridized carbons (Fsp3) is 0.824. The molecule has 1 saturated heterocycles. The van der Waals surface area contributed by atoms with Crippen LogP contribution in [0.4, 0.5) is 0 Å². The van der Waals surface area contributed by atoms with Gasteiger partial charge >= 0.3 is 5.97 Å². The van der Waals surface area contributed by atoms with Crippen molar-refractivity contribution in [3.05, 3.63) is 12.7 Å². The second-order valence-electron chi connectivity index (χ2n) is 6.66. The summed E-state index contributed by atoms with van der Waals surface area (Å²) in [7, 11) is 2.08. The Balaban J connectivity index is 1.98. The topological polar surface area (TPSA) is 49.8 Å². The minimum Gasteiger partial charge on any atom is -0.460 e. The maximum Gasteiger partial charge on any atom is 0.339 e. The number of carbonyl (C=O) groups is 1. The van der Waals surface area contributed by atoms with E-state index < -0.39 is 11.6 Å². The first kappa shape index (κ1) is 16.5. The maximum absolute atomic E-state index is 12.6. The van der Waals surface area contributed by atoms with Gasteiger partial charge in [-0.2, -0.15) is 0 Å². The van der Waals surface area contributed by atoms with Crippen LogP contribution < -0.4 is 0 Å². The van der Waals surface area contributed by atoms with Crippen molar-refractivity contribution in [1.29, 1.82) is 0 Å². The van der Waals surface area contributed by atoms with Gasteiger partial charge in [0.15, 0.2) is 5.60 Å². The minimum atomic E-state index is -1.37. The van der Waals surface area contributed by atoms with Gasteiger partial charge in [-0.25, -0.2) is 4.79 Å². The largest absolute Gasteiger partial charge is 0.460 e. The normalized spacial score (nSPS) is 25.2. The minimum absolute atomic E-state index is 0.0167. The second-order valence-corrected chi connectivity index (χ2v) is 6.66. The van der Waals surface area contributed by atoms with Gasteiger partial charge in [0.2, 0.25) is 0 Å². The number of hydrogen-bond donors (Lipinski definition) is 1. The molecule has 0 aromatic carbocycles. The Hall–Kier alpha value is -0.870. The highest BCUT2D eigenvalue weighted by Gasteiger charge is 2.45. The van der Waals surface area contributed by atoms with Gasteiger partial charge in [-0.3, -0.25) is 0 Å². The number of likely N-dealkylation sites (tertiary alicyclic amines) is 1. The number of rotatable bonds is 5. The first-order valence-corrected chi connectivity index (χ1v) is 8.29. The number of carbonyl (C=O) groups excluding carboxylic acids is 1. The zero-order chi connectivity index (χ0) is 15.3. The van der Waals surface area contributed by atoms with Gasteiger partial charge in [-0.1, -0.05) is 25.3 Å². The van der Waals surface area contributed by atoms with Gasteiger partial charge in [-0.05, 0) is 38.6 Å². The van der Waals surface area contributed by atoms with Crippen LogP contribution >= 0.6 is 0 Å². The Morgan fingerprint density at radius 1 is 1.29 bits per heavy atom. The van der Waals surface area contributed by atoms with Crippen molar-refractivity contribution < 1.29 is 14.6 Å². The molecule has 0 aromatic rings. The molecule has 0 amide bonds. The van der Waals surface area contributed by atoms with Gasteiger partial charge in [0.05, 0.1) is 0 Å². The summed E-state index contributed by atoms with van der Waals surface area (Å²) in [6.45, 7) is 5.60. The van der Waals surface area contributed by atoms with Crippen LogP contribution in [0.2, 0.25) is 0 Å². The molecule has 120 valence electrons. The standard InChI is InChI=1S/C17H29NO3/c1-3-11-17(20,14-7-5-4-6-8-14)16(19)21-15-9-12-18(2)13-10-15/h3,14-15,20H,1,4-13H2,2H3. The number of hydrogen-bond acceptors (Lipinski definition) is 4. The van der Waals surface area contributed by atoms with Crippen molar-refractivity contribution in [3.63, 3.8) is 0 Å². The first-order valence-electron chi connectivity index (χ1n) is 8.29. The molecule has 2 rings (SSSR count). The fourth-order valence-corrected chi connectivity index (χ4v) is 3.57. The lowest BCUT2D eigenvalue weighted by atomic mass is 9.75. The Kier molecular flexibility index (Phi) is 5.82. The van der Waals surface area contributed by atoms with Crippen LogP contribution in [-0.2, 0) is 9.53 Å². The highest BCUT2D eigenvalue weighted by molar-refractivity contribution is 5.80. The van der Waals surface area contributed by atoms with Crippen molar-refractivity contribution in [2.45, 2.75) is 63.1 Å². The molecule has 4 heteroatoms. The molecular weight excluding hydrogens is 266 g/mol. The van der Waals surface area contributed by atoms with E-state index in [1.54, 1.807) is 6.08 Å². The molecule has 1 unspecified atom stereocenters. The maximum atomic E-state index is 12.6. The van der Waals surface area contributed by atoms with Gasteiger partial charge in [0.25, 0.3) is 0 Å². The van der Waals surface area contributed by atoms with Crippen LogP contribution in [-0.4, -0.2) is 47.8 Å². The molecule has 1 aliphatic heterocycles. The van der Waals surface area contributed by atoms with Gasteiger partial charge in [0, 0.05) is 19.5 Å². The molecule has 0 spiro atoms. The SMILES string of the molecule is C=CCC(O)(C(=O)OC1CCN(C)CC1)C1CCCCC1. The summed E-state index contributed by atoms with van der Waals surface area (Å²) in [5.41, 5.74) is -1.37. The molecule has 0 aromatic heterocycles. The smallest absolute Gasteiger partial charge is 0.339 e. The molecule has 0 bridgehead atoms. The molecule has 1 saturated carbocycles. The van der Waals surface area contributed by atoms with E-state index in [9.17, 15) is 9.90 Å². The average Bonchev–Trinajstić information content (AvgIpc) is 2.50. The molecule has 1 aliphatic carbocycles. The second kappa shape index (κ2) is 7.41. The highest BCUT2D eigenvalue weighted by atomic mass is 16.6. The van der Waals surface area contributed by atoms with Gasteiger partial charge < -0.3 is 14.7 Å². The van der Waals surface area contributed by atoms with Crippen LogP contribution in [0.25, 0.3) is 0 Å². The van der Waals surface area contributed by atoms with E-state index >= 15 is 0 Å². The monoisotopic (exact) mass is 295 g/mol. The van der Waals surface area contributed by atoms with Crippen LogP contribution in [0.15, 0.2) is 12.7 Å². The summed E-state index contributed by atoms with van der Waals surface area (Å²) < 4.78 is 5.65. The Morgan fingerprint density at radius 2 is 1.90 bits per heavy atom. The summed E-state index contributed by atoms with van der Waals surface area (Å²) in [4.78, 5) is 14.8. The van der Waals surface area contributed by atoms with Gasteiger partial charge in [-0.15, -0.1) is 6.58 Å². The van der Waals surface area contributed by atoms with Crippen LogP contribution in [0.3, 0.4) is 0 Å². The van der Waals surface area contributed by atoms with Crippen LogP contribution in [0.1, 0.15) is 51.4 Å². The zero-order valence-electron chi connectivity index (χ0n) is 13.2. The van der Waals surface area contributed by atoms with Crippen molar-refractivity contribution >= 4 is 5.97 Å². The summed E-state index contributed by atoms with van der Waals surface area (Å²) in [5, 5.41) is 10.9. The quantitative estimate of drug-likeness (QED) is 0.625. The Morgan fingerprint density at radius 3 is 2.48 bits per heavy atom. The molecule has 0 radical (unpaired) electrons. The summed E-state index contributed by atoms with van der Waals surface area (Å²) >= 11 is 0.